The highest BCUT2D eigenvalue weighted by molar-refractivity contribution is 5.92. The number of nitrogens with zero attached hydrogens (tertiary/aromatic N) is 1. The summed E-state index contributed by atoms with van der Waals surface area (Å²) in [4.78, 5) is 26.0. The molecule has 0 saturated carbocycles. The predicted octanol–water partition coefficient (Wildman–Crippen LogP) is 1.58. The van der Waals surface area contributed by atoms with Gasteiger partial charge in [0.05, 0.1) is 19.3 Å². The Morgan fingerprint density at radius 1 is 1.13 bits per heavy atom. The average molecular weight is 321 g/mol. The van der Waals surface area contributed by atoms with Crippen molar-refractivity contribution in [2.45, 2.75) is 18.9 Å². The van der Waals surface area contributed by atoms with Crippen LogP contribution in [0.4, 0.5) is 14.9 Å². The van der Waals surface area contributed by atoms with Crippen LogP contribution < -0.4 is 10.6 Å². The second kappa shape index (κ2) is 6.95. The molecule has 3 amide bonds. The Labute approximate surface area is 134 Å². The first kappa shape index (κ1) is 15.7. The summed E-state index contributed by atoms with van der Waals surface area (Å²) in [6.45, 7) is 2.26. The number of benzene rings is 1. The lowest BCUT2D eigenvalue weighted by Gasteiger charge is -2.34. The normalized spacial score (nSPS) is 19.1. The predicted molar refractivity (Wildman–Crippen MR) is 82.5 cm³/mol. The summed E-state index contributed by atoms with van der Waals surface area (Å²) in [6, 6.07) is 5.73. The van der Waals surface area contributed by atoms with E-state index >= 15 is 0 Å². The fourth-order valence-corrected chi connectivity index (χ4v) is 2.71. The fraction of sp³-hybridized carbons (Fsp3) is 0.500. The van der Waals surface area contributed by atoms with E-state index in [1.807, 2.05) is 0 Å². The zero-order valence-corrected chi connectivity index (χ0v) is 12.8. The van der Waals surface area contributed by atoms with Gasteiger partial charge in [-0.05, 0) is 37.1 Å². The molecule has 2 aliphatic heterocycles. The molecule has 2 fully saturated rings. The van der Waals surface area contributed by atoms with E-state index in [2.05, 4.69) is 10.6 Å². The third kappa shape index (κ3) is 3.98. The molecule has 0 atom stereocenters. The number of nitrogens with one attached hydrogen (secondary N) is 2. The van der Waals surface area contributed by atoms with Gasteiger partial charge in [0, 0.05) is 24.7 Å². The maximum Gasteiger partial charge on any atom is 0.317 e. The molecule has 2 heterocycles. The molecule has 0 aromatic heterocycles. The number of anilines is 1. The van der Waals surface area contributed by atoms with Crippen LogP contribution >= 0.6 is 0 Å². The molecule has 2 N–H and O–H groups in total. The standard InChI is InChI=1S/C16H20FN3O3/c17-12-1-3-13(4-2-12)18-15(21)11-5-7-20(8-6-11)16(22)19-14-9-23-10-14/h1-4,11,14H,5-10H2,(H,18,21)(H,19,22). The van der Waals surface area contributed by atoms with Crippen LogP contribution in [0.3, 0.4) is 0 Å². The van der Waals surface area contributed by atoms with Crippen molar-refractivity contribution in [3.8, 4) is 0 Å². The van der Waals surface area contributed by atoms with Crippen LogP contribution in [0.25, 0.3) is 0 Å². The van der Waals surface area contributed by atoms with Gasteiger partial charge >= 0.3 is 6.03 Å². The lowest BCUT2D eigenvalue weighted by Crippen LogP contribution is -2.54. The number of halogens is 1. The monoisotopic (exact) mass is 321 g/mol. The molecule has 1 aromatic rings. The number of rotatable bonds is 3. The van der Waals surface area contributed by atoms with Gasteiger partial charge in [0.25, 0.3) is 0 Å². The average Bonchev–Trinajstić information content (AvgIpc) is 2.53. The van der Waals surface area contributed by atoms with Gasteiger partial charge in [-0.2, -0.15) is 0 Å². The molecule has 124 valence electrons. The molecule has 0 radical (unpaired) electrons. The van der Waals surface area contributed by atoms with Gasteiger partial charge in [0.2, 0.25) is 5.91 Å². The van der Waals surface area contributed by atoms with Crippen LogP contribution in [0.2, 0.25) is 0 Å². The number of urea groups is 1. The molecule has 0 aliphatic carbocycles. The Kier molecular flexibility index (Phi) is 4.76. The molecular formula is C16H20FN3O3. The summed E-state index contributed by atoms with van der Waals surface area (Å²) in [7, 11) is 0. The van der Waals surface area contributed by atoms with E-state index in [1.54, 1.807) is 4.90 Å². The van der Waals surface area contributed by atoms with E-state index in [0.29, 0.717) is 44.8 Å². The van der Waals surface area contributed by atoms with Crippen LogP contribution in [-0.2, 0) is 9.53 Å². The number of hydrogen-bond acceptors (Lipinski definition) is 3. The van der Waals surface area contributed by atoms with Gasteiger partial charge in [-0.15, -0.1) is 0 Å². The van der Waals surface area contributed by atoms with Crippen molar-refractivity contribution < 1.29 is 18.7 Å². The Hall–Kier alpha value is -2.15. The minimum Gasteiger partial charge on any atom is -0.377 e. The van der Waals surface area contributed by atoms with E-state index < -0.39 is 0 Å². The van der Waals surface area contributed by atoms with E-state index in [9.17, 15) is 14.0 Å². The summed E-state index contributed by atoms with van der Waals surface area (Å²) in [5.74, 6) is -0.542. The van der Waals surface area contributed by atoms with Crippen molar-refractivity contribution in [1.82, 2.24) is 10.2 Å². The van der Waals surface area contributed by atoms with Crippen LogP contribution in [0, 0.1) is 11.7 Å². The largest absolute Gasteiger partial charge is 0.377 e. The van der Waals surface area contributed by atoms with Gasteiger partial charge in [0.15, 0.2) is 0 Å². The van der Waals surface area contributed by atoms with Crippen molar-refractivity contribution >= 4 is 17.6 Å². The highest BCUT2D eigenvalue weighted by atomic mass is 19.1. The molecule has 6 nitrogen and oxygen atoms in total. The number of carbonyl (C=O) groups excluding carboxylic acids is 2. The quantitative estimate of drug-likeness (QED) is 0.888. The van der Waals surface area contributed by atoms with Gasteiger partial charge in [-0.25, -0.2) is 9.18 Å². The number of amides is 3. The highest BCUT2D eigenvalue weighted by Crippen LogP contribution is 2.20. The first-order chi connectivity index (χ1) is 11.1. The third-order valence-electron chi connectivity index (χ3n) is 4.23. The number of carbonyl (C=O) groups is 2. The number of ether oxygens (including phenoxy) is 1. The highest BCUT2D eigenvalue weighted by Gasteiger charge is 2.29. The minimum atomic E-state index is -0.334. The molecule has 23 heavy (non-hydrogen) atoms. The Balaban J connectivity index is 1.45. The minimum absolute atomic E-state index is 0.0796. The first-order valence-electron chi connectivity index (χ1n) is 7.81. The SMILES string of the molecule is O=C(Nc1ccc(F)cc1)C1CCN(C(=O)NC2COC2)CC1. The summed E-state index contributed by atoms with van der Waals surface area (Å²) in [6.07, 6.45) is 1.25. The molecule has 7 heteroatoms. The van der Waals surface area contributed by atoms with Gasteiger partial charge in [0.1, 0.15) is 5.82 Å². The molecule has 3 rings (SSSR count). The molecule has 2 aliphatic rings. The molecule has 0 spiro atoms. The summed E-state index contributed by atoms with van der Waals surface area (Å²) < 4.78 is 17.9. The zero-order chi connectivity index (χ0) is 16.2. The van der Waals surface area contributed by atoms with Crippen LogP contribution in [0.15, 0.2) is 24.3 Å². The molecule has 1 aromatic carbocycles. The third-order valence-corrected chi connectivity index (χ3v) is 4.23. The summed E-state index contributed by atoms with van der Waals surface area (Å²) >= 11 is 0. The van der Waals surface area contributed by atoms with Gasteiger partial charge in [-0.3, -0.25) is 4.79 Å². The van der Waals surface area contributed by atoms with Crippen molar-refractivity contribution in [2.75, 3.05) is 31.6 Å². The topological polar surface area (TPSA) is 70.7 Å². The Bertz CT molecular complexity index is 566. The summed E-state index contributed by atoms with van der Waals surface area (Å²) in [5, 5.41) is 5.69. The zero-order valence-electron chi connectivity index (χ0n) is 12.8. The van der Waals surface area contributed by atoms with Crippen molar-refractivity contribution in [3.63, 3.8) is 0 Å². The fourth-order valence-electron chi connectivity index (χ4n) is 2.71. The first-order valence-corrected chi connectivity index (χ1v) is 7.81. The second-order valence-corrected chi connectivity index (χ2v) is 5.94. The summed E-state index contributed by atoms with van der Waals surface area (Å²) in [5.41, 5.74) is 0.585. The van der Waals surface area contributed by atoms with E-state index in [1.165, 1.54) is 24.3 Å². The molecule has 0 bridgehead atoms. The van der Waals surface area contributed by atoms with E-state index in [4.69, 9.17) is 4.74 Å². The van der Waals surface area contributed by atoms with Crippen molar-refractivity contribution in [3.05, 3.63) is 30.1 Å². The maximum absolute atomic E-state index is 12.9. The smallest absolute Gasteiger partial charge is 0.317 e. The van der Waals surface area contributed by atoms with E-state index in [-0.39, 0.29) is 29.7 Å². The van der Waals surface area contributed by atoms with Crippen LogP contribution in [0.5, 0.6) is 0 Å². The maximum atomic E-state index is 12.9. The van der Waals surface area contributed by atoms with Crippen LogP contribution in [-0.4, -0.2) is 49.2 Å². The second-order valence-electron chi connectivity index (χ2n) is 5.94. The lowest BCUT2D eigenvalue weighted by molar-refractivity contribution is -0.121. The number of hydrogen-bond donors (Lipinski definition) is 2. The molecule has 0 unspecified atom stereocenters. The lowest BCUT2D eigenvalue weighted by atomic mass is 9.96. The van der Waals surface area contributed by atoms with Gasteiger partial charge in [-0.1, -0.05) is 0 Å². The van der Waals surface area contributed by atoms with Crippen molar-refractivity contribution in [1.29, 1.82) is 0 Å². The van der Waals surface area contributed by atoms with Gasteiger partial charge < -0.3 is 20.3 Å². The number of piperidine rings is 1. The van der Waals surface area contributed by atoms with Crippen LogP contribution in [0.1, 0.15) is 12.8 Å². The molecular weight excluding hydrogens is 301 g/mol. The number of likely N-dealkylation sites (tertiary alicyclic amines) is 1. The Morgan fingerprint density at radius 2 is 1.78 bits per heavy atom. The van der Waals surface area contributed by atoms with Crippen molar-refractivity contribution in [2.24, 2.45) is 5.92 Å². The molecule has 2 saturated heterocycles. The van der Waals surface area contributed by atoms with E-state index in [0.717, 1.165) is 0 Å². The Morgan fingerprint density at radius 3 is 2.35 bits per heavy atom.